The number of carbonyl (C=O) groups is 1. The van der Waals surface area contributed by atoms with Crippen molar-refractivity contribution in [1.29, 1.82) is 0 Å². The summed E-state index contributed by atoms with van der Waals surface area (Å²) in [7, 11) is 0. The molecule has 3 heterocycles. The van der Waals surface area contributed by atoms with E-state index in [4.69, 9.17) is 11.6 Å². The van der Waals surface area contributed by atoms with E-state index in [0.717, 1.165) is 25.9 Å². The van der Waals surface area contributed by atoms with E-state index in [1.54, 1.807) is 18.3 Å². The van der Waals surface area contributed by atoms with Crippen LogP contribution in [0.15, 0.2) is 42.7 Å². The van der Waals surface area contributed by atoms with Gasteiger partial charge in [-0.1, -0.05) is 17.7 Å². The van der Waals surface area contributed by atoms with Gasteiger partial charge in [0, 0.05) is 12.4 Å². The predicted molar refractivity (Wildman–Crippen MR) is 96.2 cm³/mol. The maximum absolute atomic E-state index is 12.1. The number of rotatable bonds is 5. The van der Waals surface area contributed by atoms with Gasteiger partial charge in [0.15, 0.2) is 0 Å². The molecular weight excluding hydrogens is 340 g/mol. The zero-order valence-corrected chi connectivity index (χ0v) is 14.6. The number of piperidine rings is 1. The van der Waals surface area contributed by atoms with Gasteiger partial charge in [-0.15, -0.1) is 0 Å². The fourth-order valence-electron chi connectivity index (χ4n) is 3.05. The van der Waals surface area contributed by atoms with Crippen LogP contribution >= 0.6 is 11.6 Å². The molecule has 2 aromatic rings. The Morgan fingerprint density at radius 3 is 2.72 bits per heavy atom. The smallest absolute Gasteiger partial charge is 0.239 e. The lowest BCUT2D eigenvalue weighted by Crippen LogP contribution is -2.40. The molecule has 1 amide bonds. The van der Waals surface area contributed by atoms with Gasteiger partial charge in [-0.05, 0) is 56.1 Å². The first kappa shape index (κ1) is 17.8. The Hall–Kier alpha value is -2.02. The topological polar surface area (TPSA) is 78.4 Å². The third-order valence-electron chi connectivity index (χ3n) is 4.43. The van der Waals surface area contributed by atoms with E-state index < -0.39 is 6.10 Å². The van der Waals surface area contributed by atoms with E-state index in [1.807, 2.05) is 18.2 Å². The molecule has 0 radical (unpaired) electrons. The van der Waals surface area contributed by atoms with Crippen LogP contribution in [0.5, 0.6) is 0 Å². The Balaban J connectivity index is 1.46. The van der Waals surface area contributed by atoms with E-state index in [0.29, 0.717) is 23.1 Å². The molecule has 132 valence electrons. The minimum Gasteiger partial charge on any atom is -0.387 e. The minimum absolute atomic E-state index is 0.0986. The maximum Gasteiger partial charge on any atom is 0.239 e. The molecule has 25 heavy (non-hydrogen) atoms. The van der Waals surface area contributed by atoms with Crippen molar-refractivity contribution in [1.82, 2.24) is 14.9 Å². The number of carbonyl (C=O) groups excluding carboxylic acids is 1. The Morgan fingerprint density at radius 1 is 1.28 bits per heavy atom. The predicted octanol–water partition coefficient (Wildman–Crippen LogP) is 2.51. The Kier molecular flexibility index (Phi) is 5.96. The highest BCUT2D eigenvalue weighted by Crippen LogP contribution is 2.29. The SMILES string of the molecule is O=C(CN1CCC([C@@H](O)c2ccccn2)CC1)Nc1ccc(Cl)cn1. The summed E-state index contributed by atoms with van der Waals surface area (Å²) in [6.07, 6.45) is 4.33. The second-order valence-corrected chi connectivity index (χ2v) is 6.66. The summed E-state index contributed by atoms with van der Waals surface area (Å²) in [5, 5.41) is 13.8. The van der Waals surface area contributed by atoms with Crippen LogP contribution in [0.4, 0.5) is 5.82 Å². The Labute approximate surface area is 151 Å². The van der Waals surface area contributed by atoms with Crippen molar-refractivity contribution in [3.8, 4) is 0 Å². The summed E-state index contributed by atoms with van der Waals surface area (Å²) < 4.78 is 0. The van der Waals surface area contributed by atoms with Crippen molar-refractivity contribution in [2.75, 3.05) is 25.0 Å². The number of nitrogens with one attached hydrogen (secondary N) is 1. The van der Waals surface area contributed by atoms with Gasteiger partial charge in [0.05, 0.1) is 23.4 Å². The van der Waals surface area contributed by atoms with Gasteiger partial charge in [-0.25, -0.2) is 4.98 Å². The fraction of sp³-hybridized carbons (Fsp3) is 0.389. The molecule has 0 spiro atoms. The van der Waals surface area contributed by atoms with Crippen molar-refractivity contribution in [2.45, 2.75) is 18.9 Å². The van der Waals surface area contributed by atoms with Crippen LogP contribution in [0.25, 0.3) is 0 Å². The molecule has 1 atom stereocenters. The van der Waals surface area contributed by atoms with Crippen LogP contribution in [-0.4, -0.2) is 45.5 Å². The molecule has 2 aromatic heterocycles. The molecule has 1 fully saturated rings. The van der Waals surface area contributed by atoms with Crippen molar-refractivity contribution in [2.24, 2.45) is 5.92 Å². The summed E-state index contributed by atoms with van der Waals surface area (Å²) in [4.78, 5) is 22.5. The van der Waals surface area contributed by atoms with Gasteiger partial charge in [0.25, 0.3) is 0 Å². The van der Waals surface area contributed by atoms with E-state index in [9.17, 15) is 9.90 Å². The number of aromatic nitrogens is 2. The highest BCUT2D eigenvalue weighted by Gasteiger charge is 2.27. The lowest BCUT2D eigenvalue weighted by molar-refractivity contribution is -0.117. The normalized spacial score (nSPS) is 17.2. The summed E-state index contributed by atoms with van der Waals surface area (Å²) >= 11 is 5.78. The summed E-state index contributed by atoms with van der Waals surface area (Å²) in [6.45, 7) is 1.86. The van der Waals surface area contributed by atoms with Crippen LogP contribution in [-0.2, 0) is 4.79 Å². The van der Waals surface area contributed by atoms with Crippen LogP contribution in [0, 0.1) is 5.92 Å². The van der Waals surface area contributed by atoms with Gasteiger partial charge in [-0.2, -0.15) is 0 Å². The van der Waals surface area contributed by atoms with Crippen molar-refractivity contribution in [3.05, 3.63) is 53.4 Å². The summed E-state index contributed by atoms with van der Waals surface area (Å²) in [5.41, 5.74) is 0.715. The molecule has 7 heteroatoms. The van der Waals surface area contributed by atoms with E-state index >= 15 is 0 Å². The average Bonchev–Trinajstić information content (AvgIpc) is 2.64. The number of hydrogen-bond acceptors (Lipinski definition) is 5. The number of pyridine rings is 2. The van der Waals surface area contributed by atoms with E-state index in [-0.39, 0.29) is 11.8 Å². The third kappa shape index (κ3) is 4.98. The molecule has 0 unspecified atom stereocenters. The number of nitrogens with zero attached hydrogens (tertiary/aromatic N) is 3. The highest BCUT2D eigenvalue weighted by molar-refractivity contribution is 6.30. The standard InChI is InChI=1S/C18H21ClN4O2/c19-14-4-5-16(21-11-14)22-17(24)12-23-9-6-13(7-10-23)18(25)15-3-1-2-8-20-15/h1-5,8,11,13,18,25H,6-7,9-10,12H2,(H,21,22,24)/t18-/m1/s1. The first-order chi connectivity index (χ1) is 12.1. The van der Waals surface area contributed by atoms with Gasteiger partial charge >= 0.3 is 0 Å². The number of amides is 1. The molecule has 0 aromatic carbocycles. The van der Waals surface area contributed by atoms with Crippen LogP contribution in [0.2, 0.25) is 5.02 Å². The van der Waals surface area contributed by atoms with Crippen molar-refractivity contribution >= 4 is 23.3 Å². The zero-order chi connectivity index (χ0) is 17.6. The lowest BCUT2D eigenvalue weighted by atomic mass is 9.89. The molecule has 2 N–H and O–H groups in total. The zero-order valence-electron chi connectivity index (χ0n) is 13.8. The summed E-state index contributed by atoms with van der Waals surface area (Å²) in [6, 6.07) is 8.94. The molecular formula is C18H21ClN4O2. The van der Waals surface area contributed by atoms with E-state index in [1.165, 1.54) is 6.20 Å². The largest absolute Gasteiger partial charge is 0.387 e. The molecule has 0 aliphatic carbocycles. The first-order valence-electron chi connectivity index (χ1n) is 8.34. The Bertz CT molecular complexity index is 688. The molecule has 0 bridgehead atoms. The van der Waals surface area contributed by atoms with Crippen LogP contribution < -0.4 is 5.32 Å². The van der Waals surface area contributed by atoms with Crippen LogP contribution in [0.3, 0.4) is 0 Å². The first-order valence-corrected chi connectivity index (χ1v) is 8.72. The molecule has 6 nitrogen and oxygen atoms in total. The second-order valence-electron chi connectivity index (χ2n) is 6.22. The number of aliphatic hydroxyl groups is 1. The molecule has 1 aliphatic heterocycles. The highest BCUT2D eigenvalue weighted by atomic mass is 35.5. The van der Waals surface area contributed by atoms with Gasteiger partial charge < -0.3 is 10.4 Å². The molecule has 1 aliphatic rings. The maximum atomic E-state index is 12.1. The van der Waals surface area contributed by atoms with Crippen LogP contribution in [0.1, 0.15) is 24.6 Å². The fourth-order valence-corrected chi connectivity index (χ4v) is 3.17. The van der Waals surface area contributed by atoms with Gasteiger partial charge in [-0.3, -0.25) is 14.7 Å². The van der Waals surface area contributed by atoms with Crippen molar-refractivity contribution in [3.63, 3.8) is 0 Å². The average molecular weight is 361 g/mol. The number of halogens is 1. The van der Waals surface area contributed by atoms with Gasteiger partial charge in [0.2, 0.25) is 5.91 Å². The Morgan fingerprint density at radius 2 is 2.08 bits per heavy atom. The monoisotopic (exact) mass is 360 g/mol. The molecule has 3 rings (SSSR count). The summed E-state index contributed by atoms with van der Waals surface area (Å²) in [5.74, 6) is 0.570. The minimum atomic E-state index is -0.546. The van der Waals surface area contributed by atoms with Gasteiger partial charge in [0.1, 0.15) is 5.82 Å². The number of hydrogen-bond donors (Lipinski definition) is 2. The number of aliphatic hydroxyl groups excluding tert-OH is 1. The van der Waals surface area contributed by atoms with E-state index in [2.05, 4.69) is 20.2 Å². The number of likely N-dealkylation sites (tertiary alicyclic amines) is 1. The third-order valence-corrected chi connectivity index (χ3v) is 4.66. The molecule has 0 saturated carbocycles. The quantitative estimate of drug-likeness (QED) is 0.856. The molecule has 1 saturated heterocycles. The van der Waals surface area contributed by atoms with Crippen molar-refractivity contribution < 1.29 is 9.90 Å². The second kappa shape index (κ2) is 8.38. The lowest BCUT2D eigenvalue weighted by Gasteiger charge is -2.33. The number of anilines is 1.